The Balaban J connectivity index is 3.03. The number of anilines is 2. The molecule has 0 radical (unpaired) electrons. The van der Waals surface area contributed by atoms with E-state index in [4.69, 9.17) is 5.11 Å². The fraction of sp³-hybridized carbons (Fsp3) is 0.600. The fourth-order valence-electron chi connectivity index (χ4n) is 1.38. The zero-order chi connectivity index (χ0) is 11.4. The summed E-state index contributed by atoms with van der Waals surface area (Å²) in [6.45, 7) is 4.01. The Labute approximate surface area is 90.2 Å². The van der Waals surface area contributed by atoms with E-state index >= 15 is 0 Å². The number of nitrogens with one attached hydrogen (secondary N) is 1. The van der Waals surface area contributed by atoms with Gasteiger partial charge in [-0.05, 0) is 13.8 Å². The molecule has 1 aromatic rings. The summed E-state index contributed by atoms with van der Waals surface area (Å²) in [6, 6.07) is 0.0447. The largest absolute Gasteiger partial charge is 0.394 e. The maximum Gasteiger partial charge on any atom is 0.137 e. The number of aliphatic hydroxyl groups is 1. The number of aromatic nitrogens is 2. The molecule has 0 spiro atoms. The monoisotopic (exact) mass is 210 g/mol. The van der Waals surface area contributed by atoms with Crippen molar-refractivity contribution in [2.45, 2.75) is 19.9 Å². The Morgan fingerprint density at radius 3 is 2.73 bits per heavy atom. The zero-order valence-electron chi connectivity index (χ0n) is 9.65. The number of rotatable bonds is 4. The van der Waals surface area contributed by atoms with Crippen LogP contribution in [0.25, 0.3) is 0 Å². The molecule has 0 fully saturated rings. The Kier molecular flexibility index (Phi) is 3.85. The summed E-state index contributed by atoms with van der Waals surface area (Å²) >= 11 is 0. The molecule has 84 valence electrons. The molecule has 0 aliphatic rings. The van der Waals surface area contributed by atoms with Crippen LogP contribution in [0.5, 0.6) is 0 Å². The van der Waals surface area contributed by atoms with Crippen LogP contribution in [0.15, 0.2) is 6.33 Å². The van der Waals surface area contributed by atoms with Crippen LogP contribution in [-0.2, 0) is 0 Å². The molecule has 1 aromatic heterocycles. The fourth-order valence-corrected chi connectivity index (χ4v) is 1.38. The second kappa shape index (κ2) is 4.93. The van der Waals surface area contributed by atoms with Crippen molar-refractivity contribution in [3.8, 4) is 0 Å². The van der Waals surface area contributed by atoms with E-state index in [1.165, 1.54) is 6.33 Å². The molecule has 0 aromatic carbocycles. The summed E-state index contributed by atoms with van der Waals surface area (Å²) < 4.78 is 0. The minimum absolute atomic E-state index is 0.0447. The van der Waals surface area contributed by atoms with Gasteiger partial charge in [0.05, 0.1) is 12.6 Å². The normalized spacial score (nSPS) is 12.3. The molecular formula is C10H18N4O. The minimum atomic E-state index is 0.0447. The molecule has 1 unspecified atom stereocenters. The average Bonchev–Trinajstić information content (AvgIpc) is 2.27. The molecule has 0 amide bonds. The van der Waals surface area contributed by atoms with Gasteiger partial charge in [0, 0.05) is 19.7 Å². The van der Waals surface area contributed by atoms with E-state index in [1.54, 1.807) is 0 Å². The first-order chi connectivity index (χ1) is 7.11. The minimum Gasteiger partial charge on any atom is -0.394 e. The quantitative estimate of drug-likeness (QED) is 0.764. The second-order valence-electron chi connectivity index (χ2n) is 3.56. The number of likely N-dealkylation sites (N-methyl/N-ethyl adjacent to an activating group) is 1. The van der Waals surface area contributed by atoms with Gasteiger partial charge in [-0.25, -0.2) is 9.97 Å². The maximum absolute atomic E-state index is 9.08. The Morgan fingerprint density at radius 2 is 2.20 bits per heavy atom. The lowest BCUT2D eigenvalue weighted by atomic mass is 10.2. The molecule has 0 aliphatic carbocycles. The molecule has 1 rings (SSSR count). The van der Waals surface area contributed by atoms with Crippen LogP contribution in [0.1, 0.15) is 12.5 Å². The van der Waals surface area contributed by atoms with Crippen LogP contribution in [0, 0.1) is 6.92 Å². The van der Waals surface area contributed by atoms with Crippen molar-refractivity contribution in [1.29, 1.82) is 0 Å². The van der Waals surface area contributed by atoms with Crippen molar-refractivity contribution in [3.63, 3.8) is 0 Å². The van der Waals surface area contributed by atoms with Gasteiger partial charge in [-0.3, -0.25) is 0 Å². The van der Waals surface area contributed by atoms with Crippen LogP contribution in [0.2, 0.25) is 0 Å². The highest BCUT2D eigenvalue weighted by atomic mass is 16.3. The highest BCUT2D eigenvalue weighted by Gasteiger charge is 2.14. The summed E-state index contributed by atoms with van der Waals surface area (Å²) in [7, 11) is 3.74. The van der Waals surface area contributed by atoms with Gasteiger partial charge in [0.25, 0.3) is 0 Å². The molecule has 1 atom stereocenters. The standard InChI is InChI=1S/C10H18N4O/c1-7(5-15)14(4)10-8(2)9(11-3)12-6-13-10/h6-7,15H,5H2,1-4H3,(H,11,12,13). The van der Waals surface area contributed by atoms with Gasteiger partial charge in [0.1, 0.15) is 18.0 Å². The van der Waals surface area contributed by atoms with Gasteiger partial charge in [0.15, 0.2) is 0 Å². The van der Waals surface area contributed by atoms with Crippen molar-refractivity contribution >= 4 is 11.6 Å². The number of nitrogens with zero attached hydrogens (tertiary/aromatic N) is 3. The van der Waals surface area contributed by atoms with Crippen LogP contribution < -0.4 is 10.2 Å². The van der Waals surface area contributed by atoms with E-state index in [1.807, 2.05) is 32.8 Å². The first-order valence-electron chi connectivity index (χ1n) is 4.94. The van der Waals surface area contributed by atoms with Gasteiger partial charge in [-0.1, -0.05) is 0 Å². The smallest absolute Gasteiger partial charge is 0.137 e. The molecule has 15 heavy (non-hydrogen) atoms. The third-order valence-electron chi connectivity index (χ3n) is 2.55. The van der Waals surface area contributed by atoms with Crippen molar-refractivity contribution in [2.75, 3.05) is 30.9 Å². The summed E-state index contributed by atoms with van der Waals surface area (Å²) in [5.41, 5.74) is 0.989. The third-order valence-corrected chi connectivity index (χ3v) is 2.55. The number of hydrogen-bond donors (Lipinski definition) is 2. The van der Waals surface area contributed by atoms with Crippen LogP contribution in [-0.4, -0.2) is 41.8 Å². The van der Waals surface area contributed by atoms with E-state index in [-0.39, 0.29) is 12.6 Å². The molecule has 5 heteroatoms. The molecule has 0 saturated carbocycles. The van der Waals surface area contributed by atoms with Crippen LogP contribution >= 0.6 is 0 Å². The van der Waals surface area contributed by atoms with Crippen LogP contribution in [0.4, 0.5) is 11.6 Å². The van der Waals surface area contributed by atoms with Crippen LogP contribution in [0.3, 0.4) is 0 Å². The Morgan fingerprint density at radius 1 is 1.53 bits per heavy atom. The second-order valence-corrected chi connectivity index (χ2v) is 3.56. The van der Waals surface area contributed by atoms with Gasteiger partial charge in [0.2, 0.25) is 0 Å². The third kappa shape index (κ3) is 2.36. The van der Waals surface area contributed by atoms with Crippen molar-refractivity contribution in [2.24, 2.45) is 0 Å². The SMILES string of the molecule is CNc1ncnc(N(C)C(C)CO)c1C. The maximum atomic E-state index is 9.08. The van der Waals surface area contributed by atoms with Crippen molar-refractivity contribution in [1.82, 2.24) is 9.97 Å². The predicted molar refractivity (Wildman–Crippen MR) is 61.3 cm³/mol. The van der Waals surface area contributed by atoms with E-state index in [0.29, 0.717) is 0 Å². The number of aliphatic hydroxyl groups excluding tert-OH is 1. The molecule has 0 bridgehead atoms. The Hall–Kier alpha value is -1.36. The Bertz CT molecular complexity index is 329. The van der Waals surface area contributed by atoms with Gasteiger partial charge >= 0.3 is 0 Å². The molecule has 0 saturated heterocycles. The molecule has 0 aliphatic heterocycles. The lowest BCUT2D eigenvalue weighted by Gasteiger charge is -2.26. The lowest BCUT2D eigenvalue weighted by molar-refractivity contribution is 0.269. The van der Waals surface area contributed by atoms with Crippen molar-refractivity contribution < 1.29 is 5.11 Å². The van der Waals surface area contributed by atoms with E-state index in [9.17, 15) is 0 Å². The summed E-state index contributed by atoms with van der Waals surface area (Å²) in [6.07, 6.45) is 1.52. The summed E-state index contributed by atoms with van der Waals surface area (Å²) in [4.78, 5) is 10.3. The van der Waals surface area contributed by atoms with Crippen molar-refractivity contribution in [3.05, 3.63) is 11.9 Å². The van der Waals surface area contributed by atoms with E-state index < -0.39 is 0 Å². The first kappa shape index (κ1) is 11.7. The summed E-state index contributed by atoms with van der Waals surface area (Å²) in [5, 5.41) is 12.1. The van der Waals surface area contributed by atoms with E-state index in [0.717, 1.165) is 17.2 Å². The molecular weight excluding hydrogens is 192 g/mol. The first-order valence-corrected chi connectivity index (χ1v) is 4.94. The topological polar surface area (TPSA) is 61.3 Å². The van der Waals surface area contributed by atoms with E-state index in [2.05, 4.69) is 15.3 Å². The highest BCUT2D eigenvalue weighted by molar-refractivity contribution is 5.57. The molecule has 1 heterocycles. The summed E-state index contributed by atoms with van der Waals surface area (Å²) in [5.74, 6) is 1.66. The zero-order valence-corrected chi connectivity index (χ0v) is 9.65. The molecule has 2 N–H and O–H groups in total. The van der Waals surface area contributed by atoms with Gasteiger partial charge in [-0.2, -0.15) is 0 Å². The van der Waals surface area contributed by atoms with Gasteiger partial charge in [-0.15, -0.1) is 0 Å². The predicted octanol–water partition coefficient (Wildman–Crippen LogP) is 0.644. The number of hydrogen-bond acceptors (Lipinski definition) is 5. The average molecular weight is 210 g/mol. The van der Waals surface area contributed by atoms with Gasteiger partial charge < -0.3 is 15.3 Å². The lowest BCUT2D eigenvalue weighted by Crippen LogP contribution is -2.33. The molecule has 5 nitrogen and oxygen atoms in total. The highest BCUT2D eigenvalue weighted by Crippen LogP contribution is 2.21.